The molecule has 0 aliphatic heterocycles. The van der Waals surface area contributed by atoms with Crippen LogP contribution in [0.4, 0.5) is 0 Å². The lowest BCUT2D eigenvalue weighted by Crippen LogP contribution is -2.22. The van der Waals surface area contributed by atoms with E-state index in [1.165, 1.54) is 16.3 Å². The van der Waals surface area contributed by atoms with Gasteiger partial charge in [-0.3, -0.25) is 4.98 Å². The Hall–Kier alpha value is -1.45. The summed E-state index contributed by atoms with van der Waals surface area (Å²) in [6.45, 7) is 4.06. The highest BCUT2D eigenvalue weighted by Gasteiger charge is 2.13. The second kappa shape index (κ2) is 7.98. The zero-order valence-corrected chi connectivity index (χ0v) is 12.4. The normalized spacial score (nSPS) is 12.7. The third-order valence-electron chi connectivity index (χ3n) is 3.57. The number of hydrogen-bond donors (Lipinski definition) is 1. The average Bonchev–Trinajstić information content (AvgIpc) is 2.50. The molecule has 1 heterocycles. The summed E-state index contributed by atoms with van der Waals surface area (Å²) in [6, 6.07) is 8.97. The van der Waals surface area contributed by atoms with Crippen molar-refractivity contribution in [2.45, 2.75) is 32.2 Å². The Morgan fingerprint density at radius 1 is 1.30 bits per heavy atom. The molecular weight excluding hydrogens is 248 g/mol. The van der Waals surface area contributed by atoms with Crippen LogP contribution in [0.1, 0.15) is 37.8 Å². The molecule has 20 heavy (non-hydrogen) atoms. The third-order valence-corrected chi connectivity index (χ3v) is 3.57. The van der Waals surface area contributed by atoms with E-state index in [9.17, 15) is 0 Å². The summed E-state index contributed by atoms with van der Waals surface area (Å²) in [5, 5.41) is 6.17. The molecule has 2 rings (SSSR count). The van der Waals surface area contributed by atoms with E-state index >= 15 is 0 Å². The summed E-state index contributed by atoms with van der Waals surface area (Å²) >= 11 is 0. The van der Waals surface area contributed by atoms with Gasteiger partial charge in [-0.15, -0.1) is 0 Å². The molecule has 0 fully saturated rings. The molecule has 0 spiro atoms. The van der Waals surface area contributed by atoms with Crippen molar-refractivity contribution in [1.82, 2.24) is 10.3 Å². The van der Waals surface area contributed by atoms with E-state index in [0.29, 0.717) is 6.04 Å². The summed E-state index contributed by atoms with van der Waals surface area (Å²) in [7, 11) is 1.76. The van der Waals surface area contributed by atoms with Crippen LogP contribution in [-0.4, -0.2) is 25.2 Å². The van der Waals surface area contributed by atoms with Gasteiger partial charge in [-0.1, -0.05) is 25.1 Å². The third kappa shape index (κ3) is 3.78. The number of nitrogens with one attached hydrogen (secondary N) is 1. The Morgan fingerprint density at radius 3 is 3.00 bits per heavy atom. The van der Waals surface area contributed by atoms with E-state index in [1.54, 1.807) is 7.11 Å². The van der Waals surface area contributed by atoms with Crippen LogP contribution in [0.3, 0.4) is 0 Å². The number of aromatic nitrogens is 1. The quantitative estimate of drug-likeness (QED) is 0.744. The van der Waals surface area contributed by atoms with Gasteiger partial charge in [0.2, 0.25) is 0 Å². The molecule has 1 atom stereocenters. The molecule has 0 saturated carbocycles. The first-order valence-corrected chi connectivity index (χ1v) is 7.41. The first-order chi connectivity index (χ1) is 9.86. The molecule has 1 aromatic heterocycles. The summed E-state index contributed by atoms with van der Waals surface area (Å²) in [4.78, 5) is 4.21. The minimum absolute atomic E-state index is 0.385. The highest BCUT2D eigenvalue weighted by atomic mass is 16.5. The second-order valence-corrected chi connectivity index (χ2v) is 5.09. The Morgan fingerprint density at radius 2 is 2.20 bits per heavy atom. The SMILES string of the molecule is CCCNC(CCCOC)c1cccc2cnccc12. The summed E-state index contributed by atoms with van der Waals surface area (Å²) in [6.07, 6.45) is 7.12. The largest absolute Gasteiger partial charge is 0.385 e. The molecule has 0 aliphatic rings. The van der Waals surface area contributed by atoms with Crippen LogP contribution in [0, 0.1) is 0 Å². The smallest absolute Gasteiger partial charge is 0.0462 e. The predicted molar refractivity (Wildman–Crippen MR) is 83.9 cm³/mol. The highest BCUT2D eigenvalue weighted by Crippen LogP contribution is 2.26. The molecule has 108 valence electrons. The summed E-state index contributed by atoms with van der Waals surface area (Å²) in [5.74, 6) is 0. The average molecular weight is 272 g/mol. The van der Waals surface area contributed by atoms with E-state index in [1.807, 2.05) is 12.4 Å². The van der Waals surface area contributed by atoms with Crippen molar-refractivity contribution in [3.8, 4) is 0 Å². The van der Waals surface area contributed by atoms with Gasteiger partial charge in [0.15, 0.2) is 0 Å². The molecule has 0 aliphatic carbocycles. The number of benzene rings is 1. The van der Waals surface area contributed by atoms with Crippen LogP contribution in [0.5, 0.6) is 0 Å². The second-order valence-electron chi connectivity index (χ2n) is 5.09. The molecular formula is C17H24N2O. The van der Waals surface area contributed by atoms with Gasteiger partial charge < -0.3 is 10.1 Å². The first-order valence-electron chi connectivity index (χ1n) is 7.41. The molecule has 2 aromatic rings. The number of fused-ring (bicyclic) bond motifs is 1. The molecule has 1 N–H and O–H groups in total. The number of pyridine rings is 1. The van der Waals surface area contributed by atoms with Crippen molar-refractivity contribution in [3.63, 3.8) is 0 Å². The van der Waals surface area contributed by atoms with Crippen LogP contribution in [0.2, 0.25) is 0 Å². The van der Waals surface area contributed by atoms with Crippen LogP contribution in [0.15, 0.2) is 36.7 Å². The fourth-order valence-electron chi connectivity index (χ4n) is 2.57. The van der Waals surface area contributed by atoms with Gasteiger partial charge in [0.05, 0.1) is 0 Å². The van der Waals surface area contributed by atoms with Crippen molar-refractivity contribution in [2.75, 3.05) is 20.3 Å². The van der Waals surface area contributed by atoms with Crippen LogP contribution >= 0.6 is 0 Å². The highest BCUT2D eigenvalue weighted by molar-refractivity contribution is 5.85. The van der Waals surface area contributed by atoms with E-state index in [0.717, 1.165) is 32.4 Å². The van der Waals surface area contributed by atoms with Crippen LogP contribution < -0.4 is 5.32 Å². The number of ether oxygens (including phenoxy) is 1. The minimum atomic E-state index is 0.385. The monoisotopic (exact) mass is 272 g/mol. The first kappa shape index (κ1) is 14.9. The molecule has 0 bridgehead atoms. The van der Waals surface area contributed by atoms with Crippen molar-refractivity contribution >= 4 is 10.8 Å². The van der Waals surface area contributed by atoms with Crippen molar-refractivity contribution in [3.05, 3.63) is 42.2 Å². The van der Waals surface area contributed by atoms with Gasteiger partial charge in [-0.05, 0) is 42.8 Å². The van der Waals surface area contributed by atoms with E-state index in [2.05, 4.69) is 41.5 Å². The zero-order valence-electron chi connectivity index (χ0n) is 12.4. The van der Waals surface area contributed by atoms with E-state index in [4.69, 9.17) is 4.74 Å². The van der Waals surface area contributed by atoms with Crippen molar-refractivity contribution in [2.24, 2.45) is 0 Å². The van der Waals surface area contributed by atoms with Crippen molar-refractivity contribution < 1.29 is 4.74 Å². The molecule has 0 amide bonds. The number of nitrogens with zero attached hydrogens (tertiary/aromatic N) is 1. The molecule has 1 unspecified atom stereocenters. The molecule has 3 nitrogen and oxygen atoms in total. The topological polar surface area (TPSA) is 34.1 Å². The maximum atomic E-state index is 5.18. The lowest BCUT2D eigenvalue weighted by molar-refractivity contribution is 0.189. The Balaban J connectivity index is 2.24. The van der Waals surface area contributed by atoms with E-state index < -0.39 is 0 Å². The summed E-state index contributed by atoms with van der Waals surface area (Å²) in [5.41, 5.74) is 1.37. The van der Waals surface area contributed by atoms with Gasteiger partial charge in [-0.25, -0.2) is 0 Å². The van der Waals surface area contributed by atoms with Gasteiger partial charge in [0, 0.05) is 37.5 Å². The Labute approximate surface area is 121 Å². The van der Waals surface area contributed by atoms with Gasteiger partial charge in [0.1, 0.15) is 0 Å². The van der Waals surface area contributed by atoms with Gasteiger partial charge in [0.25, 0.3) is 0 Å². The predicted octanol–water partition coefficient (Wildman–Crippen LogP) is 3.70. The standard InChI is InChI=1S/C17H24N2O/c1-3-10-19-17(8-5-12-20-2)16-7-4-6-14-13-18-11-9-15(14)16/h4,6-7,9,11,13,17,19H,3,5,8,10,12H2,1-2H3. The molecule has 1 aromatic carbocycles. The maximum absolute atomic E-state index is 5.18. The fraction of sp³-hybridized carbons (Fsp3) is 0.471. The van der Waals surface area contributed by atoms with Crippen molar-refractivity contribution in [1.29, 1.82) is 0 Å². The van der Waals surface area contributed by atoms with Gasteiger partial charge in [-0.2, -0.15) is 0 Å². The number of hydrogen-bond acceptors (Lipinski definition) is 3. The molecule has 3 heteroatoms. The lowest BCUT2D eigenvalue weighted by atomic mass is 9.96. The maximum Gasteiger partial charge on any atom is 0.0462 e. The Kier molecular flexibility index (Phi) is 5.96. The van der Waals surface area contributed by atoms with Gasteiger partial charge >= 0.3 is 0 Å². The fourth-order valence-corrected chi connectivity index (χ4v) is 2.57. The number of methoxy groups -OCH3 is 1. The lowest BCUT2D eigenvalue weighted by Gasteiger charge is -2.20. The summed E-state index contributed by atoms with van der Waals surface area (Å²) < 4.78 is 5.18. The Bertz CT molecular complexity index is 522. The van der Waals surface area contributed by atoms with E-state index in [-0.39, 0.29) is 0 Å². The molecule has 0 radical (unpaired) electrons. The van der Waals surface area contributed by atoms with Crippen LogP contribution in [0.25, 0.3) is 10.8 Å². The zero-order chi connectivity index (χ0) is 14.2. The van der Waals surface area contributed by atoms with Crippen LogP contribution in [-0.2, 0) is 4.74 Å². The number of rotatable bonds is 8. The minimum Gasteiger partial charge on any atom is -0.385 e. The molecule has 0 saturated heterocycles.